The van der Waals surface area contributed by atoms with Gasteiger partial charge in [0.2, 0.25) is 0 Å². The molecule has 0 bridgehead atoms. The molecule has 0 saturated heterocycles. The van der Waals surface area contributed by atoms with Gasteiger partial charge < -0.3 is 5.32 Å². The van der Waals surface area contributed by atoms with Gasteiger partial charge in [0, 0.05) is 11.1 Å². The molecule has 1 N–H and O–H groups in total. The second kappa shape index (κ2) is 7.59. The molecule has 2 aliphatic rings. The van der Waals surface area contributed by atoms with Gasteiger partial charge in [0.1, 0.15) is 11.9 Å². The molecule has 2 nitrogen and oxygen atoms in total. The normalized spacial score (nSPS) is 23.5. The third kappa shape index (κ3) is 3.67. The summed E-state index contributed by atoms with van der Waals surface area (Å²) in [4.78, 5) is 1.48. The molecule has 2 unspecified atom stereocenters. The van der Waals surface area contributed by atoms with Crippen LogP contribution in [0.5, 0.6) is 0 Å². The van der Waals surface area contributed by atoms with Crippen molar-refractivity contribution in [3.63, 3.8) is 0 Å². The third-order valence-electron chi connectivity index (χ3n) is 4.78. The molecule has 0 fully saturated rings. The lowest BCUT2D eigenvalue weighted by atomic mass is 9.87. The fraction of sp³-hybridized carbons (Fsp3) is 0.500. The number of thiol groups is 1. The Morgan fingerprint density at radius 1 is 1.26 bits per heavy atom. The number of hydrogen-bond donors (Lipinski definition) is 1. The van der Waals surface area contributed by atoms with Crippen molar-refractivity contribution >= 4 is 17.6 Å². The molecule has 1 aliphatic heterocycles. The van der Waals surface area contributed by atoms with Gasteiger partial charge in [-0.15, -0.1) is 0 Å². The first kappa shape index (κ1) is 16.7. The van der Waals surface area contributed by atoms with Gasteiger partial charge in [0.15, 0.2) is 4.91 Å². The van der Waals surface area contributed by atoms with E-state index in [1.807, 2.05) is 0 Å². The van der Waals surface area contributed by atoms with E-state index in [2.05, 4.69) is 66.9 Å². The van der Waals surface area contributed by atoms with Crippen molar-refractivity contribution in [1.29, 1.82) is 0 Å². The van der Waals surface area contributed by atoms with Crippen molar-refractivity contribution in [3.8, 4) is 0 Å². The van der Waals surface area contributed by atoms with Gasteiger partial charge in [0.05, 0.1) is 18.8 Å². The first-order chi connectivity index (χ1) is 11.2. The van der Waals surface area contributed by atoms with E-state index in [-0.39, 0.29) is 0 Å². The molecule has 0 amide bonds. The highest BCUT2D eigenvalue weighted by Gasteiger charge is 2.34. The number of allylic oxidation sites excluding steroid dienone is 2. The van der Waals surface area contributed by atoms with Gasteiger partial charge in [-0.25, -0.2) is 0 Å². The fourth-order valence-corrected chi connectivity index (χ4v) is 4.64. The number of nitrogens with one attached hydrogen (secondary N) is 1. The zero-order chi connectivity index (χ0) is 16.2. The van der Waals surface area contributed by atoms with Crippen molar-refractivity contribution in [3.05, 3.63) is 52.5 Å². The quantitative estimate of drug-likeness (QED) is 0.485. The van der Waals surface area contributed by atoms with Crippen LogP contribution in [-0.2, 0) is 11.9 Å². The average Bonchev–Trinajstić information content (AvgIpc) is 2.67. The summed E-state index contributed by atoms with van der Waals surface area (Å²) < 4.78 is 2.37. The van der Waals surface area contributed by atoms with Crippen LogP contribution in [0.15, 0.2) is 46.9 Å². The lowest BCUT2D eigenvalue weighted by Gasteiger charge is -2.25. The number of rotatable bonds is 5. The topological polar surface area (TPSA) is 15.3 Å². The summed E-state index contributed by atoms with van der Waals surface area (Å²) >= 11 is 1.30. The molecule has 124 valence electrons. The molecule has 1 aromatic carbocycles. The zero-order valence-corrected chi connectivity index (χ0v) is 15.4. The summed E-state index contributed by atoms with van der Waals surface area (Å²) in [5.41, 5.74) is 4.39. The number of para-hydroxylation sites is 1. The maximum absolute atomic E-state index is 3.87. The Labute approximate surface area is 145 Å². The van der Waals surface area contributed by atoms with E-state index in [0.29, 0.717) is 12.0 Å². The fourth-order valence-electron chi connectivity index (χ4n) is 3.53. The summed E-state index contributed by atoms with van der Waals surface area (Å²) in [5, 5.41) is 3.87. The maximum atomic E-state index is 3.87. The van der Waals surface area contributed by atoms with E-state index >= 15 is 0 Å². The van der Waals surface area contributed by atoms with Crippen molar-refractivity contribution in [2.45, 2.75) is 45.6 Å². The van der Waals surface area contributed by atoms with Crippen molar-refractivity contribution in [2.24, 2.45) is 5.92 Å². The molecule has 3 rings (SSSR count). The highest BCUT2D eigenvalue weighted by molar-refractivity contribution is 7.84. The van der Waals surface area contributed by atoms with Crippen molar-refractivity contribution in [2.75, 3.05) is 17.9 Å². The summed E-state index contributed by atoms with van der Waals surface area (Å²) in [6.07, 6.45) is 9.74. The van der Waals surface area contributed by atoms with E-state index in [0.717, 1.165) is 6.54 Å². The molecule has 2 atom stereocenters. The van der Waals surface area contributed by atoms with Crippen LogP contribution >= 0.6 is 0 Å². The first-order valence-electron chi connectivity index (χ1n) is 8.89. The number of nitrogens with zero attached hydrogens (tertiary/aromatic N) is 1. The van der Waals surface area contributed by atoms with Gasteiger partial charge in [0.25, 0.3) is 0 Å². The molecule has 1 aromatic rings. The van der Waals surface area contributed by atoms with Crippen LogP contribution in [0.25, 0.3) is 0 Å². The van der Waals surface area contributed by atoms with E-state index in [9.17, 15) is 0 Å². The van der Waals surface area contributed by atoms with Crippen LogP contribution in [0.4, 0.5) is 5.69 Å². The monoisotopic (exact) mass is 329 g/mol. The van der Waals surface area contributed by atoms with Crippen LogP contribution in [0.3, 0.4) is 0 Å². The maximum Gasteiger partial charge on any atom is 0.180 e. The number of anilines is 1. The molecule has 0 spiro atoms. The van der Waals surface area contributed by atoms with Gasteiger partial charge in [-0.05, 0) is 37.4 Å². The molecule has 23 heavy (non-hydrogen) atoms. The highest BCUT2D eigenvalue weighted by atomic mass is 32.2. The standard InChI is InChI=1S/C20H28N2S/c1-4-5-8-13-21-20-16-9-6-7-10-18(16)22(3)23-19-12-11-15(2)14-17(19)20/h6-7,9-12,15,20-21H,4-5,8,13-14H2,1-3H3/p+1. The van der Waals surface area contributed by atoms with Gasteiger partial charge in [-0.1, -0.05) is 51.0 Å². The molecular weight excluding hydrogens is 300 g/mol. The lowest BCUT2D eigenvalue weighted by Crippen LogP contribution is -2.26. The summed E-state index contributed by atoms with van der Waals surface area (Å²) in [7, 11) is 2.20. The first-order valence-corrected chi connectivity index (χ1v) is 9.74. The predicted molar refractivity (Wildman–Crippen MR) is 104 cm³/mol. The van der Waals surface area contributed by atoms with Crippen LogP contribution < -0.4 is 9.62 Å². The van der Waals surface area contributed by atoms with Crippen molar-refractivity contribution in [1.82, 2.24) is 5.32 Å². The van der Waals surface area contributed by atoms with Crippen LogP contribution in [0.2, 0.25) is 0 Å². The molecule has 0 radical (unpaired) electrons. The SMILES string of the molecule is CCCCCNC1C2=C(C=CC(C)C2)[SH+]N(C)c2ccccc21. The van der Waals surface area contributed by atoms with Gasteiger partial charge in [-0.3, -0.25) is 0 Å². The predicted octanol–water partition coefficient (Wildman–Crippen LogP) is 4.54. The number of hydrogen-bond acceptors (Lipinski definition) is 2. The number of fused-ring (bicyclic) bond motifs is 1. The molecule has 1 aliphatic carbocycles. The highest BCUT2D eigenvalue weighted by Crippen LogP contribution is 2.41. The number of benzene rings is 1. The minimum absolute atomic E-state index is 0.364. The Bertz CT molecular complexity index is 605. The Morgan fingerprint density at radius 3 is 2.91 bits per heavy atom. The largest absolute Gasteiger partial charge is 0.306 e. The zero-order valence-electron chi connectivity index (χ0n) is 14.5. The Hall–Kier alpha value is -1.19. The van der Waals surface area contributed by atoms with Crippen molar-refractivity contribution < 1.29 is 0 Å². The molecule has 0 saturated carbocycles. The Kier molecular flexibility index (Phi) is 5.50. The van der Waals surface area contributed by atoms with Crippen LogP contribution in [0.1, 0.15) is 51.1 Å². The van der Waals surface area contributed by atoms with E-state index in [1.54, 1.807) is 5.57 Å². The third-order valence-corrected chi connectivity index (χ3v) is 5.95. The van der Waals surface area contributed by atoms with E-state index in [4.69, 9.17) is 0 Å². The lowest BCUT2D eigenvalue weighted by molar-refractivity contribution is 0.530. The van der Waals surface area contributed by atoms with E-state index < -0.39 is 0 Å². The minimum Gasteiger partial charge on any atom is -0.306 e. The van der Waals surface area contributed by atoms with Gasteiger partial charge in [-0.2, -0.15) is 4.31 Å². The van der Waals surface area contributed by atoms with Crippen LogP contribution in [-0.4, -0.2) is 13.6 Å². The smallest absolute Gasteiger partial charge is 0.180 e. The van der Waals surface area contributed by atoms with E-state index in [1.165, 1.54) is 53.8 Å². The summed E-state index contributed by atoms with van der Waals surface area (Å²) in [6, 6.07) is 9.26. The summed E-state index contributed by atoms with van der Waals surface area (Å²) in [5.74, 6) is 0.638. The second-order valence-corrected chi connectivity index (χ2v) is 8.01. The average molecular weight is 330 g/mol. The minimum atomic E-state index is 0.364. The Morgan fingerprint density at radius 2 is 2.09 bits per heavy atom. The van der Waals surface area contributed by atoms with Crippen LogP contribution in [0, 0.1) is 5.92 Å². The molecule has 3 heteroatoms. The molecular formula is C20H29N2S+. The number of unbranched alkanes of at least 4 members (excludes halogenated alkanes) is 2. The van der Waals surface area contributed by atoms with Gasteiger partial charge >= 0.3 is 0 Å². The Balaban J connectivity index is 1.94. The molecule has 1 heterocycles. The molecule has 0 aromatic heterocycles. The second-order valence-electron chi connectivity index (χ2n) is 6.73. The summed E-state index contributed by atoms with van der Waals surface area (Å²) in [6.45, 7) is 5.69.